The summed E-state index contributed by atoms with van der Waals surface area (Å²) in [4.78, 5) is 27.3. The van der Waals surface area contributed by atoms with Gasteiger partial charge in [-0.3, -0.25) is 14.5 Å². The van der Waals surface area contributed by atoms with Crippen LogP contribution in [-0.4, -0.2) is 29.3 Å². The Labute approximate surface area is 234 Å². The zero-order valence-electron chi connectivity index (χ0n) is 19.9. The predicted octanol–water partition coefficient (Wildman–Crippen LogP) is 7.12. The van der Waals surface area contributed by atoms with Gasteiger partial charge in [0, 0.05) is 5.69 Å². The van der Waals surface area contributed by atoms with Gasteiger partial charge >= 0.3 is 0 Å². The van der Waals surface area contributed by atoms with Crippen molar-refractivity contribution >= 4 is 80.8 Å². The normalized spacial score (nSPS) is 14.3. The zero-order chi connectivity index (χ0) is 26.5. The van der Waals surface area contributed by atoms with E-state index >= 15 is 0 Å². The average molecular weight is 574 g/mol. The summed E-state index contributed by atoms with van der Waals surface area (Å²) in [5.74, 6) is 0.323. The Morgan fingerprint density at radius 2 is 1.86 bits per heavy atom. The summed E-state index contributed by atoms with van der Waals surface area (Å²) in [5.41, 5.74) is 3.01. The average Bonchev–Trinajstić information content (AvgIpc) is 3.13. The summed E-state index contributed by atoms with van der Waals surface area (Å²) in [7, 11) is 0. The molecule has 190 valence electrons. The third-order valence-electron chi connectivity index (χ3n) is 5.18. The molecule has 1 aliphatic heterocycles. The van der Waals surface area contributed by atoms with Crippen LogP contribution < -0.4 is 19.7 Å². The molecule has 3 aromatic rings. The van der Waals surface area contributed by atoms with Crippen LogP contribution >= 0.6 is 47.2 Å². The molecule has 37 heavy (non-hydrogen) atoms. The molecule has 0 aromatic heterocycles. The summed E-state index contributed by atoms with van der Waals surface area (Å²) in [5, 5.41) is 3.54. The molecule has 6 nitrogen and oxygen atoms in total. The van der Waals surface area contributed by atoms with Gasteiger partial charge in [-0.2, -0.15) is 0 Å². The topological polar surface area (TPSA) is 67.9 Å². The Morgan fingerprint density at radius 1 is 1.05 bits per heavy atom. The number of aryl methyl sites for hydroxylation is 1. The maximum Gasteiger partial charge on any atom is 0.270 e. The second kappa shape index (κ2) is 12.0. The monoisotopic (exact) mass is 572 g/mol. The number of nitrogens with zero attached hydrogens (tertiary/aromatic N) is 1. The fraction of sp³-hybridized carbons (Fsp3) is 0.148. The van der Waals surface area contributed by atoms with Crippen molar-refractivity contribution in [2.45, 2.75) is 13.8 Å². The highest BCUT2D eigenvalue weighted by molar-refractivity contribution is 8.27. The number of thiocarbonyl (C=S) groups is 1. The number of halogens is 2. The van der Waals surface area contributed by atoms with Gasteiger partial charge < -0.3 is 14.8 Å². The van der Waals surface area contributed by atoms with Crippen LogP contribution in [0.1, 0.15) is 18.1 Å². The fourth-order valence-electron chi connectivity index (χ4n) is 3.53. The number of anilines is 2. The minimum atomic E-state index is -0.289. The standard InChI is InChI=1S/C27H22Cl2N2O4S2/c1-3-34-23-12-17(7-10-22(23)35-15-25(32)30-18-6-4-5-16(2)11-18)13-24-26(33)31(27(36)37-24)19-8-9-20(28)21(29)14-19/h4-14H,3,15H2,1-2H3,(H,30,32)/b24-13-. The Morgan fingerprint density at radius 3 is 2.59 bits per heavy atom. The van der Waals surface area contributed by atoms with E-state index in [1.807, 2.05) is 38.1 Å². The van der Waals surface area contributed by atoms with Gasteiger partial charge in [0.25, 0.3) is 11.8 Å². The molecule has 1 aliphatic rings. The lowest BCUT2D eigenvalue weighted by molar-refractivity contribution is -0.118. The highest BCUT2D eigenvalue weighted by Crippen LogP contribution is 2.39. The smallest absolute Gasteiger partial charge is 0.270 e. The number of carbonyl (C=O) groups is 2. The van der Waals surface area contributed by atoms with Crippen molar-refractivity contribution in [2.75, 3.05) is 23.4 Å². The first-order valence-corrected chi connectivity index (χ1v) is 13.2. The molecule has 1 heterocycles. The van der Waals surface area contributed by atoms with Crippen molar-refractivity contribution in [2.24, 2.45) is 0 Å². The van der Waals surface area contributed by atoms with E-state index in [4.69, 9.17) is 44.9 Å². The Kier molecular flexibility index (Phi) is 8.76. The van der Waals surface area contributed by atoms with Crippen LogP contribution in [-0.2, 0) is 9.59 Å². The molecule has 1 N–H and O–H groups in total. The minimum absolute atomic E-state index is 0.185. The van der Waals surface area contributed by atoms with E-state index in [9.17, 15) is 9.59 Å². The largest absolute Gasteiger partial charge is 0.490 e. The molecule has 1 fully saturated rings. The van der Waals surface area contributed by atoms with E-state index in [0.717, 1.165) is 11.1 Å². The van der Waals surface area contributed by atoms with Crippen molar-refractivity contribution in [3.8, 4) is 11.5 Å². The van der Waals surface area contributed by atoms with E-state index in [0.29, 0.717) is 48.8 Å². The van der Waals surface area contributed by atoms with Gasteiger partial charge in [0.15, 0.2) is 22.4 Å². The number of benzene rings is 3. The molecule has 0 atom stereocenters. The second-order valence-corrected chi connectivity index (χ2v) is 10.5. The number of nitrogens with one attached hydrogen (secondary N) is 1. The molecule has 0 spiro atoms. The molecule has 0 unspecified atom stereocenters. The summed E-state index contributed by atoms with van der Waals surface area (Å²) < 4.78 is 11.8. The van der Waals surface area contributed by atoms with Gasteiger partial charge in [0.1, 0.15) is 0 Å². The number of hydrogen-bond donors (Lipinski definition) is 1. The summed E-state index contributed by atoms with van der Waals surface area (Å²) in [6, 6.07) is 17.7. The van der Waals surface area contributed by atoms with Crippen molar-refractivity contribution in [3.63, 3.8) is 0 Å². The van der Waals surface area contributed by atoms with Crippen molar-refractivity contribution in [1.82, 2.24) is 0 Å². The van der Waals surface area contributed by atoms with Crippen LogP contribution in [0.2, 0.25) is 10.0 Å². The number of carbonyl (C=O) groups excluding carboxylic acids is 2. The maximum absolute atomic E-state index is 13.1. The lowest BCUT2D eigenvalue weighted by atomic mass is 10.1. The summed E-state index contributed by atoms with van der Waals surface area (Å²) in [6.45, 7) is 4.01. The molecular weight excluding hydrogens is 551 g/mol. The number of hydrogen-bond acceptors (Lipinski definition) is 6. The van der Waals surface area contributed by atoms with Gasteiger partial charge in [-0.25, -0.2) is 0 Å². The van der Waals surface area contributed by atoms with Crippen LogP contribution in [0.25, 0.3) is 6.08 Å². The summed E-state index contributed by atoms with van der Waals surface area (Å²) in [6.07, 6.45) is 1.73. The van der Waals surface area contributed by atoms with Crippen LogP contribution in [0.3, 0.4) is 0 Å². The molecule has 1 saturated heterocycles. The third kappa shape index (κ3) is 6.64. The summed E-state index contributed by atoms with van der Waals surface area (Å²) >= 11 is 18.8. The number of ether oxygens (including phenoxy) is 2. The first-order chi connectivity index (χ1) is 17.7. The van der Waals surface area contributed by atoms with Crippen molar-refractivity contribution in [3.05, 3.63) is 86.7 Å². The molecule has 3 aromatic carbocycles. The number of amides is 2. The first-order valence-electron chi connectivity index (χ1n) is 11.2. The molecular formula is C27H22Cl2N2O4S2. The predicted molar refractivity (Wildman–Crippen MR) is 155 cm³/mol. The first kappa shape index (κ1) is 27.0. The molecule has 0 saturated carbocycles. The quantitative estimate of drug-likeness (QED) is 0.229. The zero-order valence-corrected chi connectivity index (χ0v) is 23.1. The van der Waals surface area contributed by atoms with Gasteiger partial charge in [0.05, 0.1) is 27.2 Å². The Balaban J connectivity index is 1.48. The lowest BCUT2D eigenvalue weighted by Crippen LogP contribution is -2.27. The molecule has 2 amide bonds. The highest BCUT2D eigenvalue weighted by Gasteiger charge is 2.33. The SMILES string of the molecule is CCOc1cc(/C=C2\SC(=S)N(c3ccc(Cl)c(Cl)c3)C2=O)ccc1OCC(=O)Nc1cccc(C)c1. The van der Waals surface area contributed by atoms with E-state index in [-0.39, 0.29) is 18.4 Å². The van der Waals surface area contributed by atoms with Gasteiger partial charge in [-0.05, 0) is 73.5 Å². The molecule has 4 rings (SSSR count). The van der Waals surface area contributed by atoms with Crippen LogP contribution in [0.5, 0.6) is 11.5 Å². The van der Waals surface area contributed by atoms with Gasteiger partial charge in [-0.1, -0.05) is 65.4 Å². The van der Waals surface area contributed by atoms with Crippen LogP contribution in [0, 0.1) is 6.92 Å². The van der Waals surface area contributed by atoms with Gasteiger partial charge in [0.2, 0.25) is 0 Å². The van der Waals surface area contributed by atoms with Crippen LogP contribution in [0.15, 0.2) is 65.6 Å². The Hall–Kier alpha value is -3.04. The van der Waals surface area contributed by atoms with E-state index in [1.54, 1.807) is 42.5 Å². The number of thioether (sulfide) groups is 1. The molecule has 0 bridgehead atoms. The molecule has 10 heteroatoms. The third-order valence-corrected chi connectivity index (χ3v) is 7.22. The Bertz CT molecular complexity index is 1410. The van der Waals surface area contributed by atoms with Gasteiger partial charge in [-0.15, -0.1) is 0 Å². The highest BCUT2D eigenvalue weighted by atomic mass is 35.5. The van der Waals surface area contributed by atoms with Crippen molar-refractivity contribution in [1.29, 1.82) is 0 Å². The molecule has 0 aliphatic carbocycles. The fourth-order valence-corrected chi connectivity index (χ4v) is 5.12. The van der Waals surface area contributed by atoms with E-state index in [1.165, 1.54) is 16.7 Å². The number of rotatable bonds is 8. The minimum Gasteiger partial charge on any atom is -0.490 e. The second-order valence-electron chi connectivity index (χ2n) is 7.96. The molecule has 0 radical (unpaired) electrons. The van der Waals surface area contributed by atoms with Crippen molar-refractivity contribution < 1.29 is 19.1 Å². The van der Waals surface area contributed by atoms with Crippen LogP contribution in [0.4, 0.5) is 11.4 Å². The lowest BCUT2D eigenvalue weighted by Gasteiger charge is -2.15. The van der Waals surface area contributed by atoms with E-state index < -0.39 is 0 Å². The maximum atomic E-state index is 13.1. The van der Waals surface area contributed by atoms with E-state index in [2.05, 4.69) is 5.32 Å².